The first kappa shape index (κ1) is 24.1. The molecule has 0 fully saturated rings. The fraction of sp³-hybridized carbons (Fsp3) is 0.167. The number of ether oxygens (including phenoxy) is 2. The molecule has 1 aliphatic rings. The Hall–Kier alpha value is -2.54. The fourth-order valence-corrected chi connectivity index (χ4v) is 4.41. The maximum Gasteiger partial charge on any atom is 0.387 e. The molecule has 7 nitrogen and oxygen atoms in total. The van der Waals surface area contributed by atoms with Gasteiger partial charge >= 0.3 is 23.4 Å². The molecule has 0 spiro atoms. The predicted molar refractivity (Wildman–Crippen MR) is 110 cm³/mol. The van der Waals surface area contributed by atoms with Crippen LogP contribution in [0.3, 0.4) is 0 Å². The highest BCUT2D eigenvalue weighted by molar-refractivity contribution is 7.87. The predicted octanol–water partition coefficient (Wildman–Crippen LogP) is 4.72. The number of benzene rings is 2. The van der Waals surface area contributed by atoms with Gasteiger partial charge in [-0.1, -0.05) is 23.2 Å². The Bertz CT molecular complexity index is 1160. The maximum absolute atomic E-state index is 12.9. The lowest BCUT2D eigenvalue weighted by Gasteiger charge is -2.33. The first-order valence-electron chi connectivity index (χ1n) is 8.52. The van der Waals surface area contributed by atoms with Crippen molar-refractivity contribution in [3.8, 4) is 11.5 Å². The average molecular weight is 514 g/mol. The van der Waals surface area contributed by atoms with E-state index in [1.807, 2.05) is 0 Å². The van der Waals surface area contributed by atoms with Gasteiger partial charge in [0.05, 0.1) is 6.04 Å². The second kappa shape index (κ2) is 9.53. The Balaban J connectivity index is 2.18. The smallest absolute Gasteiger partial charge is 0.387 e. The largest absolute Gasteiger partial charge is 0.435 e. The minimum Gasteiger partial charge on any atom is -0.435 e. The van der Waals surface area contributed by atoms with Crippen molar-refractivity contribution in [2.24, 2.45) is 10.1 Å². The Kier molecular flexibility index (Phi) is 7.18. The third-order valence-corrected chi connectivity index (χ3v) is 5.45. The second-order valence-corrected chi connectivity index (χ2v) is 8.49. The maximum atomic E-state index is 12.9. The van der Waals surface area contributed by atoms with E-state index in [9.17, 15) is 26.0 Å². The Labute approximate surface area is 189 Å². The van der Waals surface area contributed by atoms with E-state index in [1.54, 1.807) is 0 Å². The number of hydrogen-bond acceptors (Lipinski definition) is 5. The number of rotatable bonds is 7. The number of amidine groups is 1. The molecule has 0 saturated carbocycles. The minimum atomic E-state index is -4.59. The minimum absolute atomic E-state index is 0.141. The van der Waals surface area contributed by atoms with Gasteiger partial charge < -0.3 is 9.47 Å². The number of hydrogen-bond donors (Lipinski definition) is 1. The molecule has 1 atom stereocenters. The topological polar surface area (TPSA) is 94.2 Å². The van der Waals surface area contributed by atoms with Gasteiger partial charge in [0.25, 0.3) is 0 Å². The van der Waals surface area contributed by atoms with Crippen LogP contribution in [0.1, 0.15) is 17.2 Å². The summed E-state index contributed by atoms with van der Waals surface area (Å²) in [5.74, 6) is -1.16. The summed E-state index contributed by atoms with van der Waals surface area (Å²) in [6.45, 7) is -6.50. The molecule has 2 aromatic carbocycles. The fourth-order valence-electron chi connectivity index (χ4n) is 2.99. The summed E-state index contributed by atoms with van der Waals surface area (Å²) >= 11 is 12.0. The normalized spacial score (nSPS) is 16.5. The summed E-state index contributed by atoms with van der Waals surface area (Å²) in [5.41, 5.74) is -0.114. The van der Waals surface area contributed by atoms with Crippen molar-refractivity contribution in [2.45, 2.75) is 19.3 Å². The molecule has 0 amide bonds. The van der Waals surface area contributed by atoms with Crippen LogP contribution in [0.4, 0.5) is 17.6 Å². The van der Waals surface area contributed by atoms with Gasteiger partial charge in [-0.15, -0.1) is 0 Å². The average Bonchev–Trinajstić information content (AvgIpc) is 2.66. The lowest BCUT2D eigenvalue weighted by atomic mass is 10.0. The number of halogens is 6. The van der Waals surface area contributed by atoms with Gasteiger partial charge in [0.1, 0.15) is 11.5 Å². The van der Waals surface area contributed by atoms with Gasteiger partial charge in [-0.3, -0.25) is 0 Å². The van der Waals surface area contributed by atoms with Crippen LogP contribution in [0.2, 0.25) is 10.0 Å². The quantitative estimate of drug-likeness (QED) is 0.542. The SMILES string of the molecule is NS(=O)(=O)N1C(c2cc(Cl)cc(Cl)c2)=NC=CC1c1cc(OC(F)F)ccc1OC(F)F. The third kappa shape index (κ3) is 5.63. The van der Waals surface area contributed by atoms with Crippen LogP contribution in [0.25, 0.3) is 0 Å². The van der Waals surface area contributed by atoms with Crippen molar-refractivity contribution in [3.63, 3.8) is 0 Å². The third-order valence-electron chi connectivity index (χ3n) is 4.06. The molecule has 0 radical (unpaired) electrons. The monoisotopic (exact) mass is 513 g/mol. The number of aliphatic imine (C=N–C) groups is 1. The lowest BCUT2D eigenvalue weighted by molar-refractivity contribution is -0.0536. The molecule has 1 heterocycles. The van der Waals surface area contributed by atoms with Gasteiger partial charge in [0, 0.05) is 27.4 Å². The van der Waals surface area contributed by atoms with Crippen LogP contribution in [0.5, 0.6) is 11.5 Å². The Morgan fingerprint density at radius 3 is 2.19 bits per heavy atom. The summed E-state index contributed by atoms with van der Waals surface area (Å²) in [4.78, 5) is 4.01. The second-order valence-electron chi connectivity index (χ2n) is 6.19. The van der Waals surface area contributed by atoms with E-state index in [0.29, 0.717) is 4.31 Å². The first-order chi connectivity index (χ1) is 15.0. The van der Waals surface area contributed by atoms with Crippen LogP contribution < -0.4 is 14.6 Å². The summed E-state index contributed by atoms with van der Waals surface area (Å²) in [6, 6.07) is 5.53. The Morgan fingerprint density at radius 2 is 1.62 bits per heavy atom. The van der Waals surface area contributed by atoms with Crippen LogP contribution in [0.15, 0.2) is 53.7 Å². The molecule has 2 N–H and O–H groups in total. The van der Waals surface area contributed by atoms with Crippen LogP contribution in [-0.4, -0.2) is 31.8 Å². The van der Waals surface area contributed by atoms with Crippen molar-refractivity contribution in [1.29, 1.82) is 0 Å². The molecule has 1 unspecified atom stereocenters. The van der Waals surface area contributed by atoms with Crippen LogP contribution in [0, 0.1) is 0 Å². The van der Waals surface area contributed by atoms with E-state index in [4.69, 9.17) is 28.3 Å². The molecule has 2 aromatic rings. The standard InChI is InChI=1S/C18H13Cl2F4N3O4S/c19-10-5-9(6-11(20)7-10)16-26-4-3-14(27(16)32(25,28)29)13-8-12(30-17(21)22)1-2-15(13)31-18(23)24/h1-8,14,17-18H,(H2,25,28,29). The van der Waals surface area contributed by atoms with Gasteiger partial charge in [0.15, 0.2) is 5.84 Å². The van der Waals surface area contributed by atoms with E-state index in [2.05, 4.69) is 14.5 Å². The molecule has 0 aliphatic carbocycles. The molecule has 1 aliphatic heterocycles. The molecular weight excluding hydrogens is 501 g/mol. The van der Waals surface area contributed by atoms with E-state index in [0.717, 1.165) is 18.2 Å². The molecular formula is C18H13Cl2F4N3O4S. The molecule has 0 saturated heterocycles. The first-order valence-corrected chi connectivity index (χ1v) is 10.8. The zero-order valence-electron chi connectivity index (χ0n) is 15.6. The molecule has 3 rings (SSSR count). The number of alkyl halides is 4. The lowest BCUT2D eigenvalue weighted by Crippen LogP contribution is -2.44. The van der Waals surface area contributed by atoms with Crippen molar-refractivity contribution in [1.82, 2.24) is 4.31 Å². The Morgan fingerprint density at radius 1 is 1.00 bits per heavy atom. The zero-order chi connectivity index (χ0) is 23.6. The number of nitrogens with zero attached hydrogens (tertiary/aromatic N) is 2. The van der Waals surface area contributed by atoms with E-state index in [1.165, 1.54) is 30.5 Å². The van der Waals surface area contributed by atoms with Crippen molar-refractivity contribution in [3.05, 3.63) is 69.8 Å². The summed E-state index contributed by atoms with van der Waals surface area (Å²) < 4.78 is 85.6. The highest BCUT2D eigenvalue weighted by Gasteiger charge is 2.35. The van der Waals surface area contributed by atoms with E-state index in [-0.39, 0.29) is 27.0 Å². The molecule has 0 aromatic heterocycles. The van der Waals surface area contributed by atoms with E-state index < -0.39 is 41.0 Å². The van der Waals surface area contributed by atoms with Crippen LogP contribution >= 0.6 is 23.2 Å². The molecule has 0 bridgehead atoms. The van der Waals surface area contributed by atoms with Gasteiger partial charge in [-0.05, 0) is 42.5 Å². The van der Waals surface area contributed by atoms with Crippen molar-refractivity contribution in [2.75, 3.05) is 0 Å². The highest BCUT2D eigenvalue weighted by Crippen LogP contribution is 2.38. The van der Waals surface area contributed by atoms with Gasteiger partial charge in [-0.25, -0.2) is 14.4 Å². The molecule has 32 heavy (non-hydrogen) atoms. The van der Waals surface area contributed by atoms with Crippen molar-refractivity contribution >= 4 is 39.2 Å². The van der Waals surface area contributed by atoms with Crippen LogP contribution in [-0.2, 0) is 10.2 Å². The number of nitrogens with two attached hydrogens (primary N) is 1. The summed E-state index contributed by atoms with van der Waals surface area (Å²) in [5, 5.41) is 5.70. The molecule has 14 heteroatoms. The van der Waals surface area contributed by atoms with Gasteiger partial charge in [-0.2, -0.15) is 26.0 Å². The summed E-state index contributed by atoms with van der Waals surface area (Å²) in [7, 11) is -4.59. The van der Waals surface area contributed by atoms with Gasteiger partial charge in [0.2, 0.25) is 0 Å². The van der Waals surface area contributed by atoms with E-state index >= 15 is 0 Å². The zero-order valence-corrected chi connectivity index (χ0v) is 18.0. The molecule has 172 valence electrons. The highest BCUT2D eigenvalue weighted by atomic mass is 35.5. The van der Waals surface area contributed by atoms with Crippen molar-refractivity contribution < 1.29 is 35.5 Å². The summed E-state index contributed by atoms with van der Waals surface area (Å²) in [6.07, 6.45) is 2.38.